The number of benzene rings is 1. The second-order valence-electron chi connectivity index (χ2n) is 6.36. The number of aromatic nitrogens is 1. The first-order valence-electron chi connectivity index (χ1n) is 8.55. The Bertz CT molecular complexity index is 1020. The average Bonchev–Trinajstić information content (AvgIpc) is 3.40. The van der Waals surface area contributed by atoms with Crippen LogP contribution in [0.3, 0.4) is 0 Å². The Kier molecular flexibility index (Phi) is 4.79. The van der Waals surface area contributed by atoms with Crippen LogP contribution >= 0.6 is 11.3 Å². The molecule has 1 atom stereocenters. The zero-order valence-electron chi connectivity index (χ0n) is 15.0. The van der Waals surface area contributed by atoms with E-state index in [0.717, 1.165) is 21.0 Å². The molecule has 0 fully saturated rings. The number of nitrogens with one attached hydrogen (secondary N) is 1. The van der Waals surface area contributed by atoms with Crippen molar-refractivity contribution in [1.29, 1.82) is 0 Å². The quantitative estimate of drug-likeness (QED) is 0.542. The monoisotopic (exact) mass is 381 g/mol. The minimum absolute atomic E-state index is 0.0531. The number of thiazole rings is 1. The molecule has 6 nitrogen and oxygen atoms in total. The van der Waals surface area contributed by atoms with Crippen LogP contribution in [0.2, 0.25) is 0 Å². The lowest BCUT2D eigenvalue weighted by molar-refractivity contribution is 0.0912. The van der Waals surface area contributed by atoms with Crippen molar-refractivity contribution in [3.8, 4) is 10.8 Å². The maximum atomic E-state index is 12.5. The lowest BCUT2D eigenvalue weighted by Crippen LogP contribution is -2.34. The summed E-state index contributed by atoms with van der Waals surface area (Å²) in [6.07, 6.45) is 1.63. The number of furan rings is 2. The van der Waals surface area contributed by atoms with Gasteiger partial charge in [0.2, 0.25) is 0 Å². The highest BCUT2D eigenvalue weighted by molar-refractivity contribution is 7.21. The number of nitrogens with zero attached hydrogens (tertiary/aromatic N) is 2. The summed E-state index contributed by atoms with van der Waals surface area (Å²) in [7, 11) is 3.88. The molecule has 0 saturated heterocycles. The van der Waals surface area contributed by atoms with Gasteiger partial charge >= 0.3 is 0 Å². The van der Waals surface area contributed by atoms with E-state index in [0.29, 0.717) is 12.3 Å². The third-order valence-corrected chi connectivity index (χ3v) is 5.34. The van der Waals surface area contributed by atoms with E-state index in [1.54, 1.807) is 29.7 Å². The summed E-state index contributed by atoms with van der Waals surface area (Å²) in [6.45, 7) is 0.413. The molecule has 3 heterocycles. The van der Waals surface area contributed by atoms with E-state index in [-0.39, 0.29) is 17.7 Å². The smallest absolute Gasteiger partial charge is 0.287 e. The van der Waals surface area contributed by atoms with Crippen LogP contribution in [-0.4, -0.2) is 36.4 Å². The van der Waals surface area contributed by atoms with Crippen molar-refractivity contribution in [3.63, 3.8) is 0 Å². The van der Waals surface area contributed by atoms with Gasteiger partial charge < -0.3 is 14.2 Å². The van der Waals surface area contributed by atoms with Gasteiger partial charge in [0.05, 0.1) is 22.5 Å². The van der Waals surface area contributed by atoms with E-state index < -0.39 is 0 Å². The molecule has 1 N–H and O–H groups in total. The summed E-state index contributed by atoms with van der Waals surface area (Å²) in [5, 5.41) is 3.67. The summed E-state index contributed by atoms with van der Waals surface area (Å²) < 4.78 is 12.3. The molecule has 4 aromatic rings. The number of para-hydroxylation sites is 1. The molecule has 4 rings (SSSR count). The second kappa shape index (κ2) is 7.38. The van der Waals surface area contributed by atoms with Crippen LogP contribution in [0.4, 0.5) is 0 Å². The Morgan fingerprint density at radius 3 is 2.78 bits per heavy atom. The summed E-state index contributed by atoms with van der Waals surface area (Å²) >= 11 is 1.54. The van der Waals surface area contributed by atoms with Crippen molar-refractivity contribution in [3.05, 3.63) is 66.3 Å². The molecule has 0 bridgehead atoms. The molecule has 27 heavy (non-hydrogen) atoms. The number of likely N-dealkylation sites (N-methyl/N-ethyl adjacent to an activating group) is 1. The summed E-state index contributed by atoms with van der Waals surface area (Å²) in [6, 6.07) is 15.0. The molecule has 0 spiro atoms. The highest BCUT2D eigenvalue weighted by atomic mass is 32.1. The van der Waals surface area contributed by atoms with E-state index in [1.807, 2.05) is 55.4 Å². The van der Waals surface area contributed by atoms with E-state index in [4.69, 9.17) is 8.83 Å². The van der Waals surface area contributed by atoms with Crippen LogP contribution < -0.4 is 5.32 Å². The molecule has 1 aromatic carbocycles. The fourth-order valence-electron chi connectivity index (χ4n) is 2.85. The first kappa shape index (κ1) is 17.5. The number of rotatable bonds is 6. The van der Waals surface area contributed by atoms with E-state index in [1.165, 1.54) is 0 Å². The molecule has 0 aliphatic rings. The Morgan fingerprint density at radius 2 is 2.04 bits per heavy atom. The summed E-state index contributed by atoms with van der Waals surface area (Å²) in [5.74, 6) is 1.40. The van der Waals surface area contributed by atoms with Gasteiger partial charge in [-0.15, -0.1) is 11.3 Å². The van der Waals surface area contributed by atoms with Gasteiger partial charge in [-0.3, -0.25) is 9.69 Å². The Balaban J connectivity index is 1.47. The van der Waals surface area contributed by atoms with Crippen LogP contribution in [0.15, 0.2) is 63.6 Å². The number of carbonyl (C=O) groups excluding carboxylic acids is 1. The number of hydrogen-bond acceptors (Lipinski definition) is 6. The van der Waals surface area contributed by atoms with Crippen LogP contribution in [0.5, 0.6) is 0 Å². The summed E-state index contributed by atoms with van der Waals surface area (Å²) in [5.41, 5.74) is 0.923. The molecule has 0 radical (unpaired) electrons. The van der Waals surface area contributed by atoms with Crippen LogP contribution in [0, 0.1) is 0 Å². The molecule has 0 aliphatic heterocycles. The van der Waals surface area contributed by atoms with Crippen molar-refractivity contribution in [2.24, 2.45) is 0 Å². The van der Waals surface area contributed by atoms with Gasteiger partial charge in [0.1, 0.15) is 5.76 Å². The molecular formula is C20H19N3O3S. The average molecular weight is 381 g/mol. The maximum Gasteiger partial charge on any atom is 0.287 e. The van der Waals surface area contributed by atoms with Crippen molar-refractivity contribution in [2.75, 3.05) is 20.6 Å². The topological polar surface area (TPSA) is 71.5 Å². The minimum atomic E-state index is -0.263. The summed E-state index contributed by atoms with van der Waals surface area (Å²) in [4.78, 5) is 19.0. The van der Waals surface area contributed by atoms with Crippen molar-refractivity contribution in [1.82, 2.24) is 15.2 Å². The third-order valence-electron chi connectivity index (χ3n) is 4.29. The zero-order valence-corrected chi connectivity index (χ0v) is 15.8. The fraction of sp³-hybridized carbons (Fsp3) is 0.200. The fourth-order valence-corrected chi connectivity index (χ4v) is 3.77. The predicted molar refractivity (Wildman–Crippen MR) is 105 cm³/mol. The molecular weight excluding hydrogens is 362 g/mol. The number of carbonyl (C=O) groups is 1. The largest absolute Gasteiger partial charge is 0.468 e. The Labute approximate surface area is 160 Å². The van der Waals surface area contributed by atoms with E-state index in [2.05, 4.69) is 10.3 Å². The predicted octanol–water partition coefficient (Wildman–Crippen LogP) is 4.18. The molecule has 0 saturated carbocycles. The highest BCUT2D eigenvalue weighted by Crippen LogP contribution is 2.31. The first-order chi connectivity index (χ1) is 13.1. The van der Waals surface area contributed by atoms with Gasteiger partial charge in [0, 0.05) is 6.54 Å². The van der Waals surface area contributed by atoms with Gasteiger partial charge in [-0.1, -0.05) is 12.1 Å². The third kappa shape index (κ3) is 3.65. The highest BCUT2D eigenvalue weighted by Gasteiger charge is 2.20. The molecule has 0 aliphatic carbocycles. The van der Waals surface area contributed by atoms with Crippen molar-refractivity contribution >= 4 is 27.5 Å². The number of amides is 1. The zero-order chi connectivity index (χ0) is 18.8. The van der Waals surface area contributed by atoms with Gasteiger partial charge in [-0.2, -0.15) is 0 Å². The van der Waals surface area contributed by atoms with Crippen molar-refractivity contribution < 1.29 is 13.6 Å². The van der Waals surface area contributed by atoms with E-state index >= 15 is 0 Å². The first-order valence-corrected chi connectivity index (χ1v) is 9.37. The minimum Gasteiger partial charge on any atom is -0.468 e. The normalized spacial score (nSPS) is 12.6. The molecule has 1 amide bonds. The van der Waals surface area contributed by atoms with Crippen LogP contribution in [0.1, 0.15) is 22.4 Å². The van der Waals surface area contributed by atoms with Crippen molar-refractivity contribution in [2.45, 2.75) is 6.04 Å². The number of fused-ring (bicyclic) bond motifs is 1. The Morgan fingerprint density at radius 1 is 1.19 bits per heavy atom. The lowest BCUT2D eigenvalue weighted by atomic mass is 10.2. The van der Waals surface area contributed by atoms with Gasteiger partial charge in [-0.05, 0) is 50.5 Å². The van der Waals surface area contributed by atoms with Crippen LogP contribution in [0.25, 0.3) is 21.0 Å². The van der Waals surface area contributed by atoms with Gasteiger partial charge in [0.15, 0.2) is 16.5 Å². The van der Waals surface area contributed by atoms with E-state index in [9.17, 15) is 4.79 Å². The maximum absolute atomic E-state index is 12.5. The lowest BCUT2D eigenvalue weighted by Gasteiger charge is -2.22. The SMILES string of the molecule is CN(C)C(CNC(=O)c1ccc(-c2nc3ccccc3s2)o1)c1ccco1. The molecule has 138 valence electrons. The molecule has 7 heteroatoms. The molecule has 3 aromatic heterocycles. The molecule has 1 unspecified atom stereocenters. The standard InChI is InChI=1S/C20H19N3O3S/c1-23(2)14(15-7-5-11-25-15)12-21-19(24)16-9-10-17(26-16)20-22-13-6-3-4-8-18(13)27-20/h3-11,14H,12H2,1-2H3,(H,21,24). The Hall–Kier alpha value is -2.90. The van der Waals surface area contributed by atoms with Crippen LogP contribution in [-0.2, 0) is 0 Å². The second-order valence-corrected chi connectivity index (χ2v) is 7.39. The van der Waals surface area contributed by atoms with Gasteiger partial charge in [0.25, 0.3) is 5.91 Å². The van der Waals surface area contributed by atoms with Gasteiger partial charge in [-0.25, -0.2) is 4.98 Å². The number of hydrogen-bond donors (Lipinski definition) is 1.